The topological polar surface area (TPSA) is 73.8 Å². The van der Waals surface area contributed by atoms with Crippen molar-refractivity contribution in [3.63, 3.8) is 0 Å². The van der Waals surface area contributed by atoms with Crippen LogP contribution < -0.4 is 0 Å². The molecule has 0 unspecified atom stereocenters. The SMILES string of the molecule is CCCCn1nnnc1CSc1nnc2c(Cl)cc(Cl)cn12. The predicted octanol–water partition coefficient (Wildman–Crippen LogP) is 3.12. The fourth-order valence-corrected chi connectivity index (χ4v) is 3.29. The molecule has 0 saturated carbocycles. The third-order valence-electron chi connectivity index (χ3n) is 3.06. The van der Waals surface area contributed by atoms with Crippen molar-refractivity contribution in [3.8, 4) is 0 Å². The maximum atomic E-state index is 6.10. The third-order valence-corrected chi connectivity index (χ3v) is 4.48. The average molecular weight is 358 g/mol. The second kappa shape index (κ2) is 6.80. The molecule has 0 radical (unpaired) electrons. The number of fused-ring (bicyclic) bond motifs is 1. The van der Waals surface area contributed by atoms with Gasteiger partial charge in [0.15, 0.2) is 16.6 Å². The molecule has 0 fully saturated rings. The lowest BCUT2D eigenvalue weighted by Gasteiger charge is -2.03. The zero-order chi connectivity index (χ0) is 15.5. The Morgan fingerprint density at radius 3 is 2.91 bits per heavy atom. The van der Waals surface area contributed by atoms with Gasteiger partial charge in [0, 0.05) is 12.7 Å². The molecular formula is C12H13Cl2N7S. The summed E-state index contributed by atoms with van der Waals surface area (Å²) in [7, 11) is 0. The van der Waals surface area contributed by atoms with Crippen molar-refractivity contribution in [2.75, 3.05) is 0 Å². The second-order valence-electron chi connectivity index (χ2n) is 4.64. The molecule has 10 heteroatoms. The van der Waals surface area contributed by atoms with Crippen LogP contribution in [0.15, 0.2) is 17.4 Å². The van der Waals surface area contributed by atoms with E-state index in [1.807, 2.05) is 4.68 Å². The Balaban J connectivity index is 1.78. The molecule has 0 aliphatic rings. The van der Waals surface area contributed by atoms with E-state index >= 15 is 0 Å². The minimum atomic E-state index is 0.472. The van der Waals surface area contributed by atoms with Crippen LogP contribution in [-0.4, -0.2) is 34.8 Å². The highest BCUT2D eigenvalue weighted by Crippen LogP contribution is 2.26. The predicted molar refractivity (Wildman–Crippen MR) is 85.3 cm³/mol. The van der Waals surface area contributed by atoms with E-state index in [2.05, 4.69) is 32.6 Å². The smallest absolute Gasteiger partial charge is 0.196 e. The van der Waals surface area contributed by atoms with Gasteiger partial charge in [0.25, 0.3) is 0 Å². The van der Waals surface area contributed by atoms with Gasteiger partial charge in [0.2, 0.25) is 0 Å². The van der Waals surface area contributed by atoms with Crippen LogP contribution in [0.3, 0.4) is 0 Å². The van der Waals surface area contributed by atoms with E-state index in [0.29, 0.717) is 26.6 Å². The monoisotopic (exact) mass is 357 g/mol. The zero-order valence-electron chi connectivity index (χ0n) is 11.8. The molecule has 3 rings (SSSR count). The summed E-state index contributed by atoms with van der Waals surface area (Å²) in [5, 5.41) is 21.7. The summed E-state index contributed by atoms with van der Waals surface area (Å²) in [4.78, 5) is 0. The highest BCUT2D eigenvalue weighted by molar-refractivity contribution is 7.98. The van der Waals surface area contributed by atoms with E-state index in [1.54, 1.807) is 16.7 Å². The second-order valence-corrected chi connectivity index (χ2v) is 6.43. The number of hydrogen-bond donors (Lipinski definition) is 0. The Morgan fingerprint density at radius 2 is 2.09 bits per heavy atom. The van der Waals surface area contributed by atoms with Gasteiger partial charge in [-0.15, -0.1) is 15.3 Å². The Morgan fingerprint density at radius 1 is 1.23 bits per heavy atom. The summed E-state index contributed by atoms with van der Waals surface area (Å²) < 4.78 is 3.59. The first-order chi connectivity index (χ1) is 10.7. The molecule has 0 N–H and O–H groups in total. The van der Waals surface area contributed by atoms with Crippen molar-refractivity contribution < 1.29 is 0 Å². The molecule has 3 aromatic rings. The first kappa shape index (κ1) is 15.5. The molecular weight excluding hydrogens is 345 g/mol. The molecule has 0 aliphatic carbocycles. The summed E-state index contributed by atoms with van der Waals surface area (Å²) >= 11 is 13.6. The number of nitrogens with zero attached hydrogens (tertiary/aromatic N) is 7. The molecule has 0 aliphatic heterocycles. The van der Waals surface area contributed by atoms with Gasteiger partial charge in [-0.25, -0.2) is 4.68 Å². The molecule has 0 bridgehead atoms. The molecule has 0 saturated heterocycles. The highest BCUT2D eigenvalue weighted by atomic mass is 35.5. The lowest BCUT2D eigenvalue weighted by Crippen LogP contribution is -2.05. The molecule has 22 heavy (non-hydrogen) atoms. The number of unbranched alkanes of at least 4 members (excludes halogenated alkanes) is 1. The van der Waals surface area contributed by atoms with E-state index < -0.39 is 0 Å². The van der Waals surface area contributed by atoms with Crippen LogP contribution in [-0.2, 0) is 12.3 Å². The summed E-state index contributed by atoms with van der Waals surface area (Å²) in [5.41, 5.74) is 0.583. The van der Waals surface area contributed by atoms with Crippen molar-refractivity contribution >= 4 is 40.6 Å². The molecule has 0 atom stereocenters. The van der Waals surface area contributed by atoms with Crippen LogP contribution in [0.1, 0.15) is 25.6 Å². The third kappa shape index (κ3) is 3.18. The lowest BCUT2D eigenvalue weighted by atomic mass is 10.3. The average Bonchev–Trinajstić information content (AvgIpc) is 3.09. The molecule has 0 spiro atoms. The van der Waals surface area contributed by atoms with Gasteiger partial charge in [-0.05, 0) is 22.9 Å². The lowest BCUT2D eigenvalue weighted by molar-refractivity contribution is 0.540. The maximum Gasteiger partial charge on any atom is 0.196 e. The van der Waals surface area contributed by atoms with Crippen LogP contribution in [0.5, 0.6) is 0 Å². The molecule has 116 valence electrons. The Labute approximate surface area is 141 Å². The van der Waals surface area contributed by atoms with Crippen molar-refractivity contribution in [2.24, 2.45) is 0 Å². The van der Waals surface area contributed by atoms with Crippen molar-refractivity contribution in [1.29, 1.82) is 0 Å². The summed E-state index contributed by atoms with van der Waals surface area (Å²) in [6.45, 7) is 2.95. The molecule has 3 heterocycles. The number of pyridine rings is 1. The standard InChI is InChI=1S/C12H13Cl2N7S/c1-2-3-4-21-10(15-18-19-21)7-22-12-17-16-11-9(14)5-8(13)6-20(11)12/h5-6H,2-4,7H2,1H3. The Hall–Kier alpha value is -1.38. The number of aromatic nitrogens is 7. The maximum absolute atomic E-state index is 6.10. The number of rotatable bonds is 6. The van der Waals surface area contributed by atoms with Gasteiger partial charge in [0.1, 0.15) is 0 Å². The summed E-state index contributed by atoms with van der Waals surface area (Å²) in [6, 6.07) is 1.65. The number of hydrogen-bond acceptors (Lipinski definition) is 6. The van der Waals surface area contributed by atoms with Crippen LogP contribution in [0.4, 0.5) is 0 Å². The molecule has 0 aromatic carbocycles. The van der Waals surface area contributed by atoms with Crippen LogP contribution in [0, 0.1) is 0 Å². The normalized spacial score (nSPS) is 11.4. The molecule has 0 amide bonds. The fourth-order valence-electron chi connectivity index (χ4n) is 1.94. The van der Waals surface area contributed by atoms with E-state index in [0.717, 1.165) is 25.2 Å². The van der Waals surface area contributed by atoms with Crippen molar-refractivity contribution in [2.45, 2.75) is 37.2 Å². The number of tetrazole rings is 1. The Kier molecular flexibility index (Phi) is 4.80. The van der Waals surface area contributed by atoms with Gasteiger partial charge in [-0.3, -0.25) is 4.40 Å². The number of aryl methyl sites for hydroxylation is 1. The number of thioether (sulfide) groups is 1. The van der Waals surface area contributed by atoms with Crippen LogP contribution in [0.25, 0.3) is 5.65 Å². The van der Waals surface area contributed by atoms with Gasteiger partial charge < -0.3 is 0 Å². The van der Waals surface area contributed by atoms with E-state index in [-0.39, 0.29) is 0 Å². The molecule has 7 nitrogen and oxygen atoms in total. The largest absolute Gasteiger partial charge is 0.275 e. The Bertz CT molecular complexity index is 785. The van der Waals surface area contributed by atoms with Crippen LogP contribution >= 0.6 is 35.0 Å². The van der Waals surface area contributed by atoms with Gasteiger partial charge in [-0.2, -0.15) is 0 Å². The first-order valence-electron chi connectivity index (χ1n) is 6.76. The summed E-state index contributed by atoms with van der Waals surface area (Å²) in [5.74, 6) is 1.41. The zero-order valence-corrected chi connectivity index (χ0v) is 14.1. The minimum absolute atomic E-state index is 0.472. The fraction of sp³-hybridized carbons (Fsp3) is 0.417. The minimum Gasteiger partial charge on any atom is -0.275 e. The quantitative estimate of drug-likeness (QED) is 0.631. The summed E-state index contributed by atoms with van der Waals surface area (Å²) in [6.07, 6.45) is 3.88. The first-order valence-corrected chi connectivity index (χ1v) is 8.51. The van der Waals surface area contributed by atoms with Crippen LogP contribution in [0.2, 0.25) is 10.0 Å². The number of halogens is 2. The van der Waals surface area contributed by atoms with Gasteiger partial charge in [-0.1, -0.05) is 48.3 Å². The van der Waals surface area contributed by atoms with Crippen molar-refractivity contribution in [1.82, 2.24) is 34.8 Å². The van der Waals surface area contributed by atoms with E-state index in [9.17, 15) is 0 Å². The van der Waals surface area contributed by atoms with Gasteiger partial charge >= 0.3 is 0 Å². The van der Waals surface area contributed by atoms with Gasteiger partial charge in [0.05, 0.1) is 15.8 Å². The highest BCUT2D eigenvalue weighted by Gasteiger charge is 2.13. The van der Waals surface area contributed by atoms with E-state index in [1.165, 1.54) is 11.8 Å². The molecule has 3 aromatic heterocycles. The van der Waals surface area contributed by atoms with E-state index in [4.69, 9.17) is 23.2 Å². The van der Waals surface area contributed by atoms with Crippen molar-refractivity contribution in [3.05, 3.63) is 28.1 Å².